The Morgan fingerprint density at radius 3 is 2.50 bits per heavy atom. The summed E-state index contributed by atoms with van der Waals surface area (Å²) in [6, 6.07) is 12.7. The van der Waals surface area contributed by atoms with Crippen molar-refractivity contribution in [3.63, 3.8) is 0 Å². The summed E-state index contributed by atoms with van der Waals surface area (Å²) in [5.41, 5.74) is 3.47. The van der Waals surface area contributed by atoms with Gasteiger partial charge >= 0.3 is 0 Å². The lowest BCUT2D eigenvalue weighted by Crippen LogP contribution is -2.35. The molecular weight excluding hydrogens is 394 g/mol. The van der Waals surface area contributed by atoms with E-state index in [4.69, 9.17) is 0 Å². The van der Waals surface area contributed by atoms with Crippen molar-refractivity contribution in [2.75, 3.05) is 22.5 Å². The van der Waals surface area contributed by atoms with Crippen molar-refractivity contribution in [2.24, 2.45) is 4.40 Å². The van der Waals surface area contributed by atoms with E-state index in [-0.39, 0.29) is 16.6 Å². The molecule has 1 aliphatic rings. The van der Waals surface area contributed by atoms with Crippen molar-refractivity contribution in [2.45, 2.75) is 32.1 Å². The first-order valence-corrected chi connectivity index (χ1v) is 11.4. The molecule has 0 radical (unpaired) electrons. The first-order valence-electron chi connectivity index (χ1n) is 9.02. The highest BCUT2D eigenvalue weighted by Crippen LogP contribution is 2.34. The van der Waals surface area contributed by atoms with Gasteiger partial charge in [-0.05, 0) is 55.7 Å². The minimum atomic E-state index is -3.77. The number of anilines is 2. The number of amides is 1. The van der Waals surface area contributed by atoms with E-state index in [1.807, 2.05) is 43.9 Å². The summed E-state index contributed by atoms with van der Waals surface area (Å²) in [6.45, 7) is 6.58. The predicted octanol–water partition coefficient (Wildman–Crippen LogP) is 3.95. The number of nitrogens with zero attached hydrogens (tertiary/aromatic N) is 2. The number of carbonyl (C=O) groups excluding carboxylic acids is 1. The van der Waals surface area contributed by atoms with Gasteiger partial charge in [0.2, 0.25) is 5.91 Å². The molecule has 0 aliphatic carbocycles. The van der Waals surface area contributed by atoms with Crippen LogP contribution in [0.25, 0.3) is 0 Å². The van der Waals surface area contributed by atoms with Gasteiger partial charge < -0.3 is 10.2 Å². The van der Waals surface area contributed by atoms with E-state index in [1.165, 1.54) is 0 Å². The second kappa shape index (κ2) is 8.36. The molecule has 2 aromatic carbocycles. The van der Waals surface area contributed by atoms with E-state index in [9.17, 15) is 13.2 Å². The Morgan fingerprint density at radius 2 is 1.82 bits per heavy atom. The van der Waals surface area contributed by atoms with Gasteiger partial charge in [-0.3, -0.25) is 4.79 Å². The van der Waals surface area contributed by atoms with Crippen molar-refractivity contribution >= 4 is 44.2 Å². The molecule has 0 saturated heterocycles. The van der Waals surface area contributed by atoms with Gasteiger partial charge in [-0.1, -0.05) is 36.9 Å². The quantitative estimate of drug-likeness (QED) is 0.797. The van der Waals surface area contributed by atoms with Crippen molar-refractivity contribution in [3.8, 4) is 0 Å². The van der Waals surface area contributed by atoms with Crippen LogP contribution in [0.5, 0.6) is 0 Å². The number of hydrogen-bond acceptors (Lipinski definition) is 5. The third kappa shape index (κ3) is 4.56. The van der Waals surface area contributed by atoms with Gasteiger partial charge in [-0.15, -0.1) is 4.40 Å². The first-order chi connectivity index (χ1) is 13.3. The summed E-state index contributed by atoms with van der Waals surface area (Å²) in [4.78, 5) is 14.5. The van der Waals surface area contributed by atoms with E-state index < -0.39 is 10.0 Å². The SMILES string of the molecule is CCCN1C(SCC(=O)Nc2cc(C)cc(C)c2)=NS(=O)(=O)c2ccccc21. The van der Waals surface area contributed by atoms with Crippen LogP contribution in [0, 0.1) is 13.8 Å². The number of thioether (sulfide) groups is 1. The first kappa shape index (κ1) is 20.4. The van der Waals surface area contributed by atoms with Gasteiger partial charge in [0.15, 0.2) is 5.17 Å². The van der Waals surface area contributed by atoms with Gasteiger partial charge in [0.25, 0.3) is 10.0 Å². The Morgan fingerprint density at radius 1 is 1.14 bits per heavy atom. The zero-order chi connectivity index (χ0) is 20.3. The van der Waals surface area contributed by atoms with Crippen LogP contribution in [0.1, 0.15) is 24.5 Å². The number of nitrogens with one attached hydrogen (secondary N) is 1. The number of carbonyl (C=O) groups is 1. The normalized spacial score (nSPS) is 15.0. The van der Waals surface area contributed by atoms with Crippen LogP contribution in [0.2, 0.25) is 0 Å². The lowest BCUT2D eigenvalue weighted by molar-refractivity contribution is -0.113. The Hall–Kier alpha value is -2.32. The fourth-order valence-corrected chi connectivity index (χ4v) is 5.40. The van der Waals surface area contributed by atoms with Crippen LogP contribution in [-0.2, 0) is 14.8 Å². The van der Waals surface area contributed by atoms with Crippen molar-refractivity contribution in [1.82, 2.24) is 0 Å². The summed E-state index contributed by atoms with van der Waals surface area (Å²) >= 11 is 1.13. The van der Waals surface area contributed by atoms with Gasteiger partial charge in [-0.2, -0.15) is 8.42 Å². The smallest absolute Gasteiger partial charge is 0.286 e. The van der Waals surface area contributed by atoms with Crippen LogP contribution in [0.4, 0.5) is 11.4 Å². The molecule has 3 rings (SSSR count). The lowest BCUT2D eigenvalue weighted by atomic mass is 10.1. The summed E-state index contributed by atoms with van der Waals surface area (Å²) < 4.78 is 29.0. The fraction of sp³-hybridized carbons (Fsp3) is 0.300. The number of sulfonamides is 1. The Bertz CT molecular complexity index is 1010. The molecule has 0 aromatic heterocycles. The van der Waals surface area contributed by atoms with Crippen molar-refractivity contribution in [3.05, 3.63) is 53.6 Å². The molecule has 8 heteroatoms. The summed E-state index contributed by atoms with van der Waals surface area (Å²) in [7, 11) is -3.77. The molecule has 0 bridgehead atoms. The fourth-order valence-electron chi connectivity index (χ4n) is 3.12. The molecule has 0 fully saturated rings. The monoisotopic (exact) mass is 417 g/mol. The third-order valence-corrected chi connectivity index (χ3v) is 6.55. The standard InChI is InChI=1S/C20H23N3O3S2/c1-4-9-23-17-7-5-6-8-18(17)28(25,26)22-20(23)27-13-19(24)21-16-11-14(2)10-15(3)12-16/h5-8,10-12H,4,9,13H2,1-3H3,(H,21,24). The molecule has 1 aliphatic heterocycles. The zero-order valence-electron chi connectivity index (χ0n) is 16.1. The Labute approximate surface area is 170 Å². The van der Waals surface area contributed by atoms with Crippen LogP contribution in [-0.4, -0.2) is 31.8 Å². The molecule has 0 unspecified atom stereocenters. The van der Waals surface area contributed by atoms with E-state index in [0.29, 0.717) is 17.4 Å². The maximum atomic E-state index is 12.5. The molecule has 1 amide bonds. The molecular formula is C20H23N3O3S2. The van der Waals surface area contributed by atoms with Crippen LogP contribution < -0.4 is 10.2 Å². The molecule has 1 heterocycles. The second-order valence-electron chi connectivity index (χ2n) is 6.68. The topological polar surface area (TPSA) is 78.8 Å². The van der Waals surface area contributed by atoms with Gasteiger partial charge in [0, 0.05) is 12.2 Å². The number of benzene rings is 2. The van der Waals surface area contributed by atoms with E-state index in [0.717, 1.165) is 35.0 Å². The molecule has 6 nitrogen and oxygen atoms in total. The number of para-hydroxylation sites is 1. The van der Waals surface area contributed by atoms with Crippen LogP contribution in [0.3, 0.4) is 0 Å². The maximum absolute atomic E-state index is 12.5. The molecule has 28 heavy (non-hydrogen) atoms. The number of aryl methyl sites for hydroxylation is 2. The van der Waals surface area contributed by atoms with E-state index in [2.05, 4.69) is 9.71 Å². The second-order valence-corrected chi connectivity index (χ2v) is 9.20. The zero-order valence-corrected chi connectivity index (χ0v) is 17.7. The Balaban J connectivity index is 1.77. The molecule has 0 atom stereocenters. The number of hydrogen-bond donors (Lipinski definition) is 1. The summed E-state index contributed by atoms with van der Waals surface area (Å²) in [5, 5.41) is 3.20. The summed E-state index contributed by atoms with van der Waals surface area (Å²) in [5.74, 6) is -0.130. The highest BCUT2D eigenvalue weighted by Gasteiger charge is 2.30. The molecule has 2 aromatic rings. The highest BCUT2D eigenvalue weighted by molar-refractivity contribution is 8.15. The largest absolute Gasteiger partial charge is 0.325 e. The van der Waals surface area contributed by atoms with Gasteiger partial charge in [-0.25, -0.2) is 0 Å². The average Bonchev–Trinajstić information content (AvgIpc) is 2.62. The predicted molar refractivity (Wildman–Crippen MR) is 116 cm³/mol. The van der Waals surface area contributed by atoms with Crippen molar-refractivity contribution in [1.29, 1.82) is 0 Å². The lowest BCUT2D eigenvalue weighted by Gasteiger charge is -2.29. The van der Waals surface area contributed by atoms with E-state index in [1.54, 1.807) is 24.3 Å². The molecule has 148 valence electrons. The molecule has 0 saturated carbocycles. The number of rotatable bonds is 5. The molecule has 1 N–H and O–H groups in total. The average molecular weight is 418 g/mol. The number of amidine groups is 1. The van der Waals surface area contributed by atoms with Crippen molar-refractivity contribution < 1.29 is 13.2 Å². The minimum Gasteiger partial charge on any atom is -0.325 e. The minimum absolute atomic E-state index is 0.0731. The summed E-state index contributed by atoms with van der Waals surface area (Å²) in [6.07, 6.45) is 0.822. The Kier molecular flexibility index (Phi) is 6.10. The van der Waals surface area contributed by atoms with Gasteiger partial charge in [0.05, 0.1) is 11.4 Å². The van der Waals surface area contributed by atoms with Gasteiger partial charge in [0.1, 0.15) is 4.90 Å². The number of fused-ring (bicyclic) bond motifs is 1. The maximum Gasteiger partial charge on any atom is 0.286 e. The van der Waals surface area contributed by atoms with Crippen LogP contribution in [0.15, 0.2) is 51.8 Å². The highest BCUT2D eigenvalue weighted by atomic mass is 32.2. The van der Waals surface area contributed by atoms with Crippen LogP contribution >= 0.6 is 11.8 Å². The van der Waals surface area contributed by atoms with E-state index >= 15 is 0 Å². The molecule has 0 spiro atoms. The third-order valence-electron chi connectivity index (χ3n) is 4.15.